The Morgan fingerprint density at radius 2 is 2.07 bits per heavy atom. The molecule has 0 N–H and O–H groups in total. The van der Waals surface area contributed by atoms with Crippen LogP contribution in [0.2, 0.25) is 0 Å². The summed E-state index contributed by atoms with van der Waals surface area (Å²) < 4.78 is 0. The van der Waals surface area contributed by atoms with Crippen molar-refractivity contribution in [2.24, 2.45) is 0 Å². The molecule has 2 rings (SSSR count). The summed E-state index contributed by atoms with van der Waals surface area (Å²) in [5.41, 5.74) is 2.34. The van der Waals surface area contributed by atoms with Gasteiger partial charge in [0.15, 0.2) is 0 Å². The van der Waals surface area contributed by atoms with Crippen LogP contribution in [0.1, 0.15) is 16.8 Å². The molecule has 0 saturated heterocycles. The lowest BCUT2D eigenvalue weighted by Gasteiger charge is -2.05. The molecule has 0 aliphatic heterocycles. The van der Waals surface area contributed by atoms with Crippen molar-refractivity contribution in [3.05, 3.63) is 41.5 Å². The second-order valence-electron chi connectivity index (χ2n) is 3.13. The van der Waals surface area contributed by atoms with Crippen LogP contribution in [0.15, 0.2) is 24.7 Å². The largest absolute Gasteiger partial charge is 0.245 e. The van der Waals surface area contributed by atoms with E-state index >= 15 is 0 Å². The Balaban J connectivity index is 2.40. The summed E-state index contributed by atoms with van der Waals surface area (Å²) in [6, 6.07) is 3.94. The Bertz CT molecular complexity index is 495. The van der Waals surface area contributed by atoms with E-state index in [1.807, 2.05) is 13.0 Å². The number of aromatic nitrogens is 4. The molecule has 0 saturated carbocycles. The number of hydrogen-bond donors (Lipinski definition) is 0. The zero-order chi connectivity index (χ0) is 10.7. The van der Waals surface area contributed by atoms with E-state index in [0.717, 1.165) is 11.1 Å². The molecule has 5 heteroatoms. The van der Waals surface area contributed by atoms with Crippen molar-refractivity contribution in [2.75, 3.05) is 0 Å². The Labute approximate surface area is 87.0 Å². The number of pyridine rings is 1. The standard InChI is InChI=1S/C10H9N5/c1-8-2-3-12-10(6-11)9(8)7-15-13-4-5-14-15/h2-5H,7H2,1H3. The third-order valence-corrected chi connectivity index (χ3v) is 2.16. The lowest BCUT2D eigenvalue weighted by Crippen LogP contribution is -2.07. The highest BCUT2D eigenvalue weighted by atomic mass is 15.5. The minimum absolute atomic E-state index is 0.437. The van der Waals surface area contributed by atoms with Crippen molar-refractivity contribution in [3.8, 4) is 6.07 Å². The predicted octanol–water partition coefficient (Wildman–Crippen LogP) is 0.901. The van der Waals surface area contributed by atoms with Gasteiger partial charge >= 0.3 is 0 Å². The van der Waals surface area contributed by atoms with Crippen LogP contribution in [0.4, 0.5) is 0 Å². The number of nitriles is 1. The molecule has 0 atom stereocenters. The maximum absolute atomic E-state index is 8.91. The van der Waals surface area contributed by atoms with Gasteiger partial charge in [-0.1, -0.05) is 0 Å². The van der Waals surface area contributed by atoms with Crippen LogP contribution in [0.3, 0.4) is 0 Å². The molecule has 0 fully saturated rings. The van der Waals surface area contributed by atoms with Crippen LogP contribution in [-0.2, 0) is 6.54 Å². The van der Waals surface area contributed by atoms with Crippen molar-refractivity contribution in [1.29, 1.82) is 5.26 Å². The third kappa shape index (κ3) is 1.83. The van der Waals surface area contributed by atoms with Gasteiger partial charge in [0.25, 0.3) is 0 Å². The molecule has 0 aromatic carbocycles. The number of hydrogen-bond acceptors (Lipinski definition) is 4. The summed E-state index contributed by atoms with van der Waals surface area (Å²) in [4.78, 5) is 5.54. The Hall–Kier alpha value is -2.22. The molecule has 2 aromatic heterocycles. The lowest BCUT2D eigenvalue weighted by molar-refractivity contribution is 0.587. The maximum atomic E-state index is 8.91. The van der Waals surface area contributed by atoms with E-state index in [9.17, 15) is 0 Å². The molecule has 0 aliphatic rings. The van der Waals surface area contributed by atoms with Crippen LogP contribution >= 0.6 is 0 Å². The minimum atomic E-state index is 0.437. The van der Waals surface area contributed by atoms with Crippen LogP contribution in [0, 0.1) is 18.3 Å². The summed E-state index contributed by atoms with van der Waals surface area (Å²) in [7, 11) is 0. The van der Waals surface area contributed by atoms with Gasteiger partial charge in [-0.2, -0.15) is 20.3 Å². The Morgan fingerprint density at radius 1 is 1.33 bits per heavy atom. The van der Waals surface area contributed by atoms with Crippen LogP contribution in [0.25, 0.3) is 0 Å². The van der Waals surface area contributed by atoms with Crippen molar-refractivity contribution in [1.82, 2.24) is 20.0 Å². The first-order valence-corrected chi connectivity index (χ1v) is 4.50. The van der Waals surface area contributed by atoms with Gasteiger partial charge in [0, 0.05) is 11.8 Å². The van der Waals surface area contributed by atoms with Gasteiger partial charge in [-0.25, -0.2) is 4.98 Å². The van der Waals surface area contributed by atoms with Crippen molar-refractivity contribution in [2.45, 2.75) is 13.5 Å². The van der Waals surface area contributed by atoms with Gasteiger partial charge in [0.05, 0.1) is 18.9 Å². The quantitative estimate of drug-likeness (QED) is 0.720. The summed E-state index contributed by atoms with van der Waals surface area (Å²) in [5.74, 6) is 0. The average molecular weight is 199 g/mol. The first-order chi connectivity index (χ1) is 7.31. The minimum Gasteiger partial charge on any atom is -0.245 e. The molecule has 15 heavy (non-hydrogen) atoms. The molecule has 0 radical (unpaired) electrons. The molecular formula is C10H9N5. The molecule has 2 heterocycles. The number of nitrogens with zero attached hydrogens (tertiary/aromatic N) is 5. The number of aryl methyl sites for hydroxylation is 1. The highest BCUT2D eigenvalue weighted by Gasteiger charge is 2.07. The fraction of sp³-hybridized carbons (Fsp3) is 0.200. The monoisotopic (exact) mass is 199 g/mol. The van der Waals surface area contributed by atoms with E-state index in [2.05, 4.69) is 21.3 Å². The Kier molecular flexibility index (Phi) is 2.42. The van der Waals surface area contributed by atoms with Crippen molar-refractivity contribution >= 4 is 0 Å². The van der Waals surface area contributed by atoms with Crippen LogP contribution in [0.5, 0.6) is 0 Å². The molecule has 0 bridgehead atoms. The maximum Gasteiger partial charge on any atom is 0.145 e. The molecule has 0 amide bonds. The first-order valence-electron chi connectivity index (χ1n) is 4.50. The van der Waals surface area contributed by atoms with Crippen molar-refractivity contribution < 1.29 is 0 Å². The van der Waals surface area contributed by atoms with Crippen LogP contribution in [-0.4, -0.2) is 20.0 Å². The Morgan fingerprint density at radius 3 is 2.73 bits per heavy atom. The van der Waals surface area contributed by atoms with Gasteiger partial charge in [-0.15, -0.1) is 0 Å². The van der Waals surface area contributed by atoms with E-state index in [4.69, 9.17) is 5.26 Å². The summed E-state index contributed by atoms with van der Waals surface area (Å²) in [6.45, 7) is 2.43. The van der Waals surface area contributed by atoms with Gasteiger partial charge < -0.3 is 0 Å². The van der Waals surface area contributed by atoms with Gasteiger partial charge in [0.2, 0.25) is 0 Å². The second-order valence-corrected chi connectivity index (χ2v) is 3.13. The molecule has 0 unspecified atom stereocenters. The fourth-order valence-corrected chi connectivity index (χ4v) is 1.35. The van der Waals surface area contributed by atoms with Gasteiger partial charge in [-0.05, 0) is 18.6 Å². The summed E-state index contributed by atoms with van der Waals surface area (Å²) in [5, 5.41) is 16.9. The SMILES string of the molecule is Cc1ccnc(C#N)c1Cn1nccn1. The highest BCUT2D eigenvalue weighted by Crippen LogP contribution is 2.11. The fourth-order valence-electron chi connectivity index (χ4n) is 1.35. The average Bonchev–Trinajstić information content (AvgIpc) is 2.74. The molecule has 2 aromatic rings. The predicted molar refractivity (Wildman–Crippen MR) is 52.8 cm³/mol. The van der Waals surface area contributed by atoms with E-state index in [0.29, 0.717) is 12.2 Å². The van der Waals surface area contributed by atoms with E-state index < -0.39 is 0 Å². The lowest BCUT2D eigenvalue weighted by atomic mass is 10.1. The zero-order valence-electron chi connectivity index (χ0n) is 8.25. The molecule has 0 aliphatic carbocycles. The van der Waals surface area contributed by atoms with E-state index in [-0.39, 0.29) is 0 Å². The van der Waals surface area contributed by atoms with Crippen molar-refractivity contribution in [3.63, 3.8) is 0 Å². The van der Waals surface area contributed by atoms with E-state index in [1.54, 1.807) is 18.6 Å². The molecule has 74 valence electrons. The normalized spacial score (nSPS) is 9.87. The van der Waals surface area contributed by atoms with Gasteiger partial charge in [0.1, 0.15) is 11.8 Å². The van der Waals surface area contributed by atoms with Gasteiger partial charge in [-0.3, -0.25) is 0 Å². The second kappa shape index (κ2) is 3.88. The third-order valence-electron chi connectivity index (χ3n) is 2.16. The van der Waals surface area contributed by atoms with E-state index in [1.165, 1.54) is 4.80 Å². The number of rotatable bonds is 2. The molecule has 5 nitrogen and oxygen atoms in total. The molecule has 0 spiro atoms. The molecular weight excluding hydrogens is 190 g/mol. The summed E-state index contributed by atoms with van der Waals surface area (Å²) in [6.07, 6.45) is 4.85. The van der Waals surface area contributed by atoms with Crippen LogP contribution < -0.4 is 0 Å². The first kappa shape index (κ1) is 9.34. The summed E-state index contributed by atoms with van der Waals surface area (Å²) >= 11 is 0. The smallest absolute Gasteiger partial charge is 0.145 e. The zero-order valence-corrected chi connectivity index (χ0v) is 8.25. The highest BCUT2D eigenvalue weighted by molar-refractivity contribution is 5.36. The topological polar surface area (TPSA) is 67.4 Å².